The first kappa shape index (κ1) is 15.4. The van der Waals surface area contributed by atoms with Gasteiger partial charge in [0.2, 0.25) is 0 Å². The first-order valence-electron chi connectivity index (χ1n) is 6.70. The fraction of sp³-hybridized carbons (Fsp3) is 0.571. The Morgan fingerprint density at radius 3 is 2.45 bits per heavy atom. The second-order valence-electron chi connectivity index (χ2n) is 5.66. The molecule has 0 amide bonds. The molecule has 0 saturated carbocycles. The monoisotopic (exact) mass is 303 g/mol. The fourth-order valence-electron chi connectivity index (χ4n) is 2.56. The molecular weight excluding hydrogens is 284 g/mol. The van der Waals surface area contributed by atoms with Crippen LogP contribution in [0.15, 0.2) is 18.2 Å². The Morgan fingerprint density at radius 2 is 1.95 bits per heavy atom. The van der Waals surface area contributed by atoms with Gasteiger partial charge in [-0.2, -0.15) is 0 Å². The van der Waals surface area contributed by atoms with E-state index >= 15 is 0 Å². The summed E-state index contributed by atoms with van der Waals surface area (Å²) < 4.78 is 49.3. The molecule has 1 aromatic rings. The van der Waals surface area contributed by atoms with Gasteiger partial charge < -0.3 is 5.32 Å². The maximum absolute atomic E-state index is 13.3. The smallest absolute Gasteiger partial charge is 0.159 e. The Labute approximate surface area is 118 Å². The second kappa shape index (κ2) is 5.77. The van der Waals surface area contributed by atoms with E-state index in [-0.39, 0.29) is 29.5 Å². The maximum atomic E-state index is 13.3. The lowest BCUT2D eigenvalue weighted by Crippen LogP contribution is -2.36. The summed E-state index contributed by atoms with van der Waals surface area (Å²) in [6.45, 7) is 3.92. The first-order chi connectivity index (χ1) is 9.28. The van der Waals surface area contributed by atoms with Crippen molar-refractivity contribution in [3.63, 3.8) is 0 Å². The fourth-order valence-corrected chi connectivity index (χ4v) is 4.25. The molecule has 1 saturated heterocycles. The maximum Gasteiger partial charge on any atom is 0.159 e. The topological polar surface area (TPSA) is 46.2 Å². The number of hydrogen-bond acceptors (Lipinski definition) is 3. The zero-order valence-corrected chi connectivity index (χ0v) is 12.4. The van der Waals surface area contributed by atoms with E-state index < -0.39 is 21.5 Å². The van der Waals surface area contributed by atoms with E-state index in [2.05, 4.69) is 5.32 Å². The van der Waals surface area contributed by atoms with Crippen LogP contribution in [0.5, 0.6) is 0 Å². The second-order valence-corrected chi connectivity index (χ2v) is 7.89. The summed E-state index contributed by atoms with van der Waals surface area (Å²) in [5, 5.41) is 3.27. The third-order valence-electron chi connectivity index (χ3n) is 3.62. The Bertz CT molecular complexity index is 587. The van der Waals surface area contributed by atoms with Crippen molar-refractivity contribution in [2.75, 3.05) is 11.5 Å². The van der Waals surface area contributed by atoms with Crippen LogP contribution in [0.3, 0.4) is 0 Å². The molecule has 0 radical (unpaired) electrons. The van der Waals surface area contributed by atoms with Crippen molar-refractivity contribution in [2.45, 2.75) is 32.4 Å². The van der Waals surface area contributed by atoms with Crippen LogP contribution in [0.1, 0.15) is 31.9 Å². The average molecular weight is 303 g/mol. The van der Waals surface area contributed by atoms with E-state index in [1.165, 1.54) is 6.07 Å². The van der Waals surface area contributed by atoms with Gasteiger partial charge in [0.05, 0.1) is 11.5 Å². The minimum atomic E-state index is -2.96. The molecule has 1 heterocycles. The van der Waals surface area contributed by atoms with Crippen LogP contribution >= 0.6 is 0 Å². The van der Waals surface area contributed by atoms with Gasteiger partial charge in [-0.1, -0.05) is 19.9 Å². The highest BCUT2D eigenvalue weighted by Gasteiger charge is 2.30. The summed E-state index contributed by atoms with van der Waals surface area (Å²) in [4.78, 5) is 0. The number of halogens is 2. The molecule has 1 aromatic carbocycles. The van der Waals surface area contributed by atoms with Gasteiger partial charge in [0.25, 0.3) is 0 Å². The molecule has 3 nitrogen and oxygen atoms in total. The quantitative estimate of drug-likeness (QED) is 0.929. The van der Waals surface area contributed by atoms with Crippen LogP contribution in [0.25, 0.3) is 0 Å². The molecule has 0 spiro atoms. The molecule has 20 heavy (non-hydrogen) atoms. The van der Waals surface area contributed by atoms with Crippen molar-refractivity contribution >= 4 is 9.84 Å². The van der Waals surface area contributed by atoms with Gasteiger partial charge in [0, 0.05) is 12.1 Å². The van der Waals surface area contributed by atoms with Gasteiger partial charge in [0.1, 0.15) is 0 Å². The molecule has 0 aliphatic carbocycles. The number of rotatable bonds is 4. The van der Waals surface area contributed by atoms with Crippen LogP contribution in [0.2, 0.25) is 0 Å². The SMILES string of the molecule is CC(C)C(NC1CCS(=O)(=O)C1)c1ccc(F)c(F)c1. The number of benzene rings is 1. The molecular formula is C14H19F2NO2S. The number of sulfone groups is 1. The molecule has 0 aromatic heterocycles. The minimum absolute atomic E-state index is 0.111. The van der Waals surface area contributed by atoms with E-state index in [4.69, 9.17) is 0 Å². The van der Waals surface area contributed by atoms with Crippen molar-refractivity contribution in [1.29, 1.82) is 0 Å². The van der Waals surface area contributed by atoms with Crippen LogP contribution < -0.4 is 5.32 Å². The van der Waals surface area contributed by atoms with Crippen molar-refractivity contribution in [3.05, 3.63) is 35.4 Å². The summed E-state index contributed by atoms with van der Waals surface area (Å²) >= 11 is 0. The molecule has 2 rings (SSSR count). The van der Waals surface area contributed by atoms with Crippen LogP contribution in [-0.4, -0.2) is 26.0 Å². The zero-order chi connectivity index (χ0) is 14.9. The van der Waals surface area contributed by atoms with E-state index in [9.17, 15) is 17.2 Å². The third kappa shape index (κ3) is 3.55. The molecule has 112 valence electrons. The molecule has 2 unspecified atom stereocenters. The van der Waals surface area contributed by atoms with Gasteiger partial charge in [-0.15, -0.1) is 0 Å². The van der Waals surface area contributed by atoms with Crippen molar-refractivity contribution in [2.24, 2.45) is 5.92 Å². The summed E-state index contributed by atoms with van der Waals surface area (Å²) in [6.07, 6.45) is 0.565. The Morgan fingerprint density at radius 1 is 1.25 bits per heavy atom. The van der Waals surface area contributed by atoms with Gasteiger partial charge >= 0.3 is 0 Å². The lowest BCUT2D eigenvalue weighted by molar-refractivity contribution is 0.370. The normalized spacial score (nSPS) is 23.1. The highest BCUT2D eigenvalue weighted by Crippen LogP contribution is 2.26. The zero-order valence-electron chi connectivity index (χ0n) is 11.6. The summed E-state index contributed by atoms with van der Waals surface area (Å²) in [6, 6.07) is 3.51. The summed E-state index contributed by atoms with van der Waals surface area (Å²) in [5.74, 6) is -1.32. The van der Waals surface area contributed by atoms with E-state index in [1.54, 1.807) is 6.07 Å². The summed E-state index contributed by atoms with van der Waals surface area (Å²) in [7, 11) is -2.96. The predicted octanol–water partition coefficient (Wildman–Crippen LogP) is 2.44. The van der Waals surface area contributed by atoms with Crippen molar-refractivity contribution in [1.82, 2.24) is 5.32 Å². The summed E-state index contributed by atoms with van der Waals surface area (Å²) in [5.41, 5.74) is 0.642. The van der Waals surface area contributed by atoms with Crippen LogP contribution in [0.4, 0.5) is 8.78 Å². The highest BCUT2D eigenvalue weighted by molar-refractivity contribution is 7.91. The van der Waals surface area contributed by atoms with Crippen molar-refractivity contribution in [3.8, 4) is 0 Å². The molecule has 2 atom stereocenters. The average Bonchev–Trinajstić information content (AvgIpc) is 2.69. The Balaban J connectivity index is 2.17. The molecule has 6 heteroatoms. The molecule has 1 aliphatic rings. The first-order valence-corrected chi connectivity index (χ1v) is 8.52. The molecule has 1 fully saturated rings. The third-order valence-corrected chi connectivity index (χ3v) is 5.39. The standard InChI is InChI=1S/C14H19F2NO2S/c1-9(2)14(10-3-4-12(15)13(16)7-10)17-11-5-6-20(18,19)8-11/h3-4,7,9,11,14,17H,5-6,8H2,1-2H3. The van der Waals surface area contributed by atoms with Gasteiger partial charge in [-0.25, -0.2) is 17.2 Å². The minimum Gasteiger partial charge on any atom is -0.306 e. The largest absolute Gasteiger partial charge is 0.306 e. The molecule has 1 aliphatic heterocycles. The van der Waals surface area contributed by atoms with Crippen molar-refractivity contribution < 1.29 is 17.2 Å². The van der Waals surface area contributed by atoms with E-state index in [0.717, 1.165) is 6.07 Å². The molecule has 1 N–H and O–H groups in total. The van der Waals surface area contributed by atoms with Crippen LogP contribution in [0, 0.1) is 17.6 Å². The lowest BCUT2D eigenvalue weighted by atomic mass is 9.95. The van der Waals surface area contributed by atoms with Gasteiger partial charge in [-0.05, 0) is 30.0 Å². The van der Waals surface area contributed by atoms with Crippen LogP contribution in [-0.2, 0) is 9.84 Å². The Hall–Kier alpha value is -1.01. The molecule has 0 bridgehead atoms. The highest BCUT2D eigenvalue weighted by atomic mass is 32.2. The predicted molar refractivity (Wildman–Crippen MR) is 74.1 cm³/mol. The number of hydrogen-bond donors (Lipinski definition) is 1. The number of nitrogens with one attached hydrogen (secondary N) is 1. The van der Waals surface area contributed by atoms with Gasteiger partial charge in [0.15, 0.2) is 21.5 Å². The van der Waals surface area contributed by atoms with E-state index in [0.29, 0.717) is 12.0 Å². The Kier molecular flexibility index (Phi) is 4.44. The van der Waals surface area contributed by atoms with Gasteiger partial charge in [-0.3, -0.25) is 0 Å². The lowest BCUT2D eigenvalue weighted by Gasteiger charge is -2.26. The van der Waals surface area contributed by atoms with E-state index in [1.807, 2.05) is 13.8 Å².